The van der Waals surface area contributed by atoms with Crippen LogP contribution in [-0.2, 0) is 17.8 Å². The minimum atomic E-state index is -0.525. The van der Waals surface area contributed by atoms with Gasteiger partial charge in [0.05, 0.1) is 10.7 Å². The third-order valence-corrected chi connectivity index (χ3v) is 5.78. The van der Waals surface area contributed by atoms with Crippen LogP contribution in [0.15, 0.2) is 84.3 Å². The van der Waals surface area contributed by atoms with E-state index >= 15 is 0 Å². The number of aromatic nitrogens is 4. The fraction of sp³-hybridized carbons (Fsp3) is 0.130. The summed E-state index contributed by atoms with van der Waals surface area (Å²) in [5.74, 6) is 0.332. The van der Waals surface area contributed by atoms with Gasteiger partial charge in [-0.2, -0.15) is 0 Å². The summed E-state index contributed by atoms with van der Waals surface area (Å²) in [5, 5.41) is 23.0. The molecule has 0 aliphatic rings. The van der Waals surface area contributed by atoms with E-state index < -0.39 is 4.92 Å². The predicted octanol–water partition coefficient (Wildman–Crippen LogP) is 4.22. The molecule has 0 atom stereocenters. The van der Waals surface area contributed by atoms with Gasteiger partial charge < -0.3 is 9.88 Å². The van der Waals surface area contributed by atoms with Gasteiger partial charge in [-0.25, -0.2) is 0 Å². The maximum Gasteiger partial charge on any atom is 0.292 e. The second-order valence-electron chi connectivity index (χ2n) is 7.05. The van der Waals surface area contributed by atoms with E-state index in [1.165, 1.54) is 29.5 Å². The highest BCUT2D eigenvalue weighted by molar-refractivity contribution is 7.99. The van der Waals surface area contributed by atoms with Gasteiger partial charge in [0.2, 0.25) is 5.91 Å². The SMILES string of the molecule is O=C(CSc1nnc(-c2cccnc2)n1CCc1ccccc1)Nc1ccccc1[N+](=O)[O-]. The quantitative estimate of drug-likeness (QED) is 0.226. The van der Waals surface area contributed by atoms with E-state index in [2.05, 4.69) is 32.6 Å². The molecular formula is C23H20N6O3S. The lowest BCUT2D eigenvalue weighted by Crippen LogP contribution is -2.16. The zero-order valence-corrected chi connectivity index (χ0v) is 18.3. The number of carbonyl (C=O) groups is 1. The number of para-hydroxylation sites is 2. The molecule has 0 saturated heterocycles. The van der Waals surface area contributed by atoms with Gasteiger partial charge in [-0.1, -0.05) is 54.2 Å². The minimum Gasteiger partial charge on any atom is -0.320 e. The van der Waals surface area contributed by atoms with Crippen molar-refractivity contribution in [3.8, 4) is 11.4 Å². The zero-order chi connectivity index (χ0) is 23.0. The lowest BCUT2D eigenvalue weighted by Gasteiger charge is -2.10. The molecule has 0 fully saturated rings. The van der Waals surface area contributed by atoms with Gasteiger partial charge >= 0.3 is 0 Å². The smallest absolute Gasteiger partial charge is 0.292 e. The summed E-state index contributed by atoms with van der Waals surface area (Å²) >= 11 is 1.23. The fourth-order valence-corrected chi connectivity index (χ4v) is 4.01. The lowest BCUT2D eigenvalue weighted by atomic mass is 10.1. The number of benzene rings is 2. The van der Waals surface area contributed by atoms with Crippen LogP contribution in [-0.4, -0.2) is 36.3 Å². The number of carbonyl (C=O) groups excluding carboxylic acids is 1. The summed E-state index contributed by atoms with van der Waals surface area (Å²) < 4.78 is 1.97. The predicted molar refractivity (Wildman–Crippen MR) is 126 cm³/mol. The van der Waals surface area contributed by atoms with Crippen LogP contribution >= 0.6 is 11.8 Å². The molecule has 0 aliphatic carbocycles. The van der Waals surface area contributed by atoms with Crippen molar-refractivity contribution in [1.82, 2.24) is 19.7 Å². The summed E-state index contributed by atoms with van der Waals surface area (Å²) in [6, 6.07) is 19.9. The Morgan fingerprint density at radius 2 is 1.82 bits per heavy atom. The first-order valence-electron chi connectivity index (χ1n) is 10.2. The molecule has 2 heterocycles. The monoisotopic (exact) mass is 460 g/mol. The van der Waals surface area contributed by atoms with Crippen molar-refractivity contribution in [2.75, 3.05) is 11.1 Å². The summed E-state index contributed by atoms with van der Waals surface area (Å²) in [6.45, 7) is 0.620. The summed E-state index contributed by atoms with van der Waals surface area (Å²) in [6.07, 6.45) is 4.18. The Kier molecular flexibility index (Phi) is 7.06. The first-order valence-corrected chi connectivity index (χ1v) is 11.1. The number of aryl methyl sites for hydroxylation is 1. The van der Waals surface area contributed by atoms with E-state index in [4.69, 9.17) is 0 Å². The third-order valence-electron chi connectivity index (χ3n) is 4.81. The van der Waals surface area contributed by atoms with Gasteiger partial charge in [0.25, 0.3) is 5.69 Å². The van der Waals surface area contributed by atoms with Crippen molar-refractivity contribution in [3.05, 3.63) is 94.8 Å². The molecule has 0 unspecified atom stereocenters. The van der Waals surface area contributed by atoms with E-state index in [-0.39, 0.29) is 23.0 Å². The van der Waals surface area contributed by atoms with Crippen molar-refractivity contribution in [1.29, 1.82) is 0 Å². The Labute approximate surface area is 194 Å². The number of hydrogen-bond acceptors (Lipinski definition) is 7. The average molecular weight is 461 g/mol. The third kappa shape index (κ3) is 5.60. The Hall–Kier alpha value is -4.05. The number of rotatable bonds is 9. The van der Waals surface area contributed by atoms with E-state index in [9.17, 15) is 14.9 Å². The molecule has 0 bridgehead atoms. The number of nitrogens with zero attached hydrogens (tertiary/aromatic N) is 5. The molecule has 0 aliphatic heterocycles. The number of nitro benzene ring substituents is 1. The molecule has 0 spiro atoms. The largest absolute Gasteiger partial charge is 0.320 e. The van der Waals surface area contributed by atoms with Gasteiger partial charge in [-0.05, 0) is 30.2 Å². The molecule has 2 aromatic carbocycles. The minimum absolute atomic E-state index is 0.0303. The van der Waals surface area contributed by atoms with Crippen LogP contribution in [0.4, 0.5) is 11.4 Å². The molecule has 10 heteroatoms. The van der Waals surface area contributed by atoms with Gasteiger partial charge in [0, 0.05) is 30.6 Å². The molecule has 0 radical (unpaired) electrons. The van der Waals surface area contributed by atoms with E-state index in [0.717, 1.165) is 12.0 Å². The highest BCUT2D eigenvalue weighted by Crippen LogP contribution is 2.26. The average Bonchev–Trinajstić information content (AvgIpc) is 3.25. The van der Waals surface area contributed by atoms with Crippen LogP contribution < -0.4 is 5.32 Å². The number of thioether (sulfide) groups is 1. The maximum absolute atomic E-state index is 12.5. The number of anilines is 1. The van der Waals surface area contributed by atoms with Crippen LogP contribution in [0, 0.1) is 10.1 Å². The molecule has 4 aromatic rings. The topological polar surface area (TPSA) is 116 Å². The van der Waals surface area contributed by atoms with Crippen molar-refractivity contribution in [2.45, 2.75) is 18.1 Å². The maximum atomic E-state index is 12.5. The molecule has 1 amide bonds. The molecule has 33 heavy (non-hydrogen) atoms. The van der Waals surface area contributed by atoms with Gasteiger partial charge in [-0.15, -0.1) is 10.2 Å². The summed E-state index contributed by atoms with van der Waals surface area (Å²) in [5.41, 5.74) is 2.01. The van der Waals surface area contributed by atoms with E-state index in [0.29, 0.717) is 17.5 Å². The fourth-order valence-electron chi connectivity index (χ4n) is 3.25. The van der Waals surface area contributed by atoms with Crippen LogP contribution in [0.1, 0.15) is 5.56 Å². The van der Waals surface area contributed by atoms with Crippen LogP contribution in [0.25, 0.3) is 11.4 Å². The Morgan fingerprint density at radius 3 is 2.58 bits per heavy atom. The van der Waals surface area contributed by atoms with E-state index in [1.54, 1.807) is 24.5 Å². The second-order valence-corrected chi connectivity index (χ2v) is 7.99. The van der Waals surface area contributed by atoms with Crippen LogP contribution in [0.5, 0.6) is 0 Å². The van der Waals surface area contributed by atoms with Crippen LogP contribution in [0.2, 0.25) is 0 Å². The Bertz CT molecular complexity index is 1250. The molecule has 9 nitrogen and oxygen atoms in total. The Morgan fingerprint density at radius 1 is 1.03 bits per heavy atom. The number of nitrogens with one attached hydrogen (secondary N) is 1. The molecule has 0 saturated carbocycles. The standard InChI is InChI=1S/C23H20N6O3S/c30-21(25-19-10-4-5-11-20(19)29(31)32)16-33-23-27-26-22(18-9-6-13-24-15-18)28(23)14-12-17-7-2-1-3-8-17/h1-11,13,15H,12,14,16H2,(H,25,30). The first-order chi connectivity index (χ1) is 16.1. The van der Waals surface area contributed by atoms with Crippen molar-refractivity contribution in [2.24, 2.45) is 0 Å². The first kappa shape index (κ1) is 22.2. The van der Waals surface area contributed by atoms with Crippen LogP contribution in [0.3, 0.4) is 0 Å². The highest BCUT2D eigenvalue weighted by atomic mass is 32.2. The normalized spacial score (nSPS) is 10.7. The highest BCUT2D eigenvalue weighted by Gasteiger charge is 2.18. The Balaban J connectivity index is 1.50. The molecular weight excluding hydrogens is 440 g/mol. The van der Waals surface area contributed by atoms with E-state index in [1.807, 2.05) is 34.9 Å². The van der Waals surface area contributed by atoms with Gasteiger partial charge in [0.1, 0.15) is 5.69 Å². The summed E-state index contributed by atoms with van der Waals surface area (Å²) in [4.78, 5) is 27.3. The van der Waals surface area contributed by atoms with Crippen molar-refractivity contribution < 1.29 is 9.72 Å². The number of hydrogen-bond donors (Lipinski definition) is 1. The second kappa shape index (κ2) is 10.5. The van der Waals surface area contributed by atoms with Gasteiger partial charge in [-0.3, -0.25) is 19.9 Å². The number of nitro groups is 1. The molecule has 2 aromatic heterocycles. The van der Waals surface area contributed by atoms with Crippen molar-refractivity contribution in [3.63, 3.8) is 0 Å². The molecule has 1 N–H and O–H groups in total. The summed E-state index contributed by atoms with van der Waals surface area (Å²) in [7, 11) is 0. The molecule has 166 valence electrons. The lowest BCUT2D eigenvalue weighted by molar-refractivity contribution is -0.383. The number of amides is 1. The molecule has 4 rings (SSSR count). The zero-order valence-electron chi connectivity index (χ0n) is 17.5. The van der Waals surface area contributed by atoms with Gasteiger partial charge in [0.15, 0.2) is 11.0 Å². The van der Waals surface area contributed by atoms with Crippen molar-refractivity contribution >= 4 is 29.0 Å². The number of pyridine rings is 1.